The first-order valence-electron chi connectivity index (χ1n) is 12.6. The highest BCUT2D eigenvalue weighted by Crippen LogP contribution is 2.67. The first-order chi connectivity index (χ1) is 17.9. The Morgan fingerprint density at radius 2 is 0.583 bits per heavy atom. The number of hydrogen-bond donors (Lipinski definition) is 4. The number of hydrogen-bond acceptors (Lipinski definition) is 4. The van der Waals surface area contributed by atoms with Crippen molar-refractivity contribution in [2.75, 3.05) is 12.3 Å². The van der Waals surface area contributed by atoms with E-state index < -0.39 is 0 Å². The van der Waals surface area contributed by atoms with Gasteiger partial charge in [0, 0.05) is 0 Å². The van der Waals surface area contributed by atoms with E-state index in [-0.39, 0.29) is 15.8 Å². The van der Waals surface area contributed by atoms with Crippen LogP contribution in [0.5, 0.6) is 0 Å². The molecule has 6 rings (SSSR count). The molecule has 0 aliphatic carbocycles. The highest BCUT2D eigenvalue weighted by Gasteiger charge is 2.41. The molecule has 4 aromatic rings. The molecular weight excluding hydrogens is 478 g/mol. The average molecular weight is 511 g/mol. The van der Waals surface area contributed by atoms with Crippen molar-refractivity contribution in [1.29, 1.82) is 0 Å². The Morgan fingerprint density at radius 1 is 0.361 bits per heavy atom. The first-order valence-corrected chi connectivity index (χ1v) is 15.9. The summed E-state index contributed by atoms with van der Waals surface area (Å²) in [5.41, 5.74) is 20.3. The van der Waals surface area contributed by atoms with E-state index in [4.69, 9.17) is 0 Å². The molecule has 4 N–H and O–H groups in total. The molecule has 0 amide bonds. The third-order valence-electron chi connectivity index (χ3n) is 7.12. The summed E-state index contributed by atoms with van der Waals surface area (Å²) < 4.78 is 0. The SMILES string of the molecule is c1ccc(C2NN[C@H](c3ccccc3)P2CCP2C(c3ccccc3)NN[C@@H]2c2ccccc2)cc1. The van der Waals surface area contributed by atoms with Gasteiger partial charge in [-0.3, -0.25) is 0 Å². The zero-order chi connectivity index (χ0) is 24.2. The molecule has 2 aliphatic heterocycles. The maximum absolute atomic E-state index is 3.69. The highest BCUT2D eigenvalue weighted by molar-refractivity contribution is 7.62. The number of benzene rings is 4. The third-order valence-corrected chi connectivity index (χ3v) is 13.3. The third kappa shape index (κ3) is 5.04. The molecule has 2 saturated heterocycles. The lowest BCUT2D eigenvalue weighted by atomic mass is 10.2. The molecule has 4 nitrogen and oxygen atoms in total. The van der Waals surface area contributed by atoms with Crippen molar-refractivity contribution >= 4 is 15.8 Å². The smallest absolute Gasteiger partial charge is 0.0676 e. The van der Waals surface area contributed by atoms with Gasteiger partial charge in [0.1, 0.15) is 0 Å². The van der Waals surface area contributed by atoms with E-state index in [9.17, 15) is 0 Å². The topological polar surface area (TPSA) is 48.1 Å². The zero-order valence-corrected chi connectivity index (χ0v) is 22.0. The summed E-state index contributed by atoms with van der Waals surface area (Å²) in [7, 11) is -0.756. The summed E-state index contributed by atoms with van der Waals surface area (Å²) in [6, 6.07) is 43.9. The van der Waals surface area contributed by atoms with Crippen molar-refractivity contribution in [3.63, 3.8) is 0 Å². The van der Waals surface area contributed by atoms with Crippen molar-refractivity contribution in [3.8, 4) is 0 Å². The highest BCUT2D eigenvalue weighted by atomic mass is 31.1. The second kappa shape index (κ2) is 11.3. The molecule has 0 saturated carbocycles. The fourth-order valence-corrected chi connectivity index (χ4v) is 12.0. The van der Waals surface area contributed by atoms with Crippen LogP contribution in [-0.2, 0) is 0 Å². The van der Waals surface area contributed by atoms with Gasteiger partial charge in [-0.2, -0.15) is 0 Å². The predicted octanol–water partition coefficient (Wildman–Crippen LogP) is 6.96. The number of hydrazine groups is 2. The van der Waals surface area contributed by atoms with E-state index in [0.29, 0.717) is 23.1 Å². The van der Waals surface area contributed by atoms with Crippen molar-refractivity contribution in [1.82, 2.24) is 21.7 Å². The summed E-state index contributed by atoms with van der Waals surface area (Å²) >= 11 is 0. The molecule has 2 fully saturated rings. The molecule has 4 aromatic carbocycles. The van der Waals surface area contributed by atoms with Gasteiger partial charge in [-0.1, -0.05) is 137 Å². The van der Waals surface area contributed by atoms with Crippen LogP contribution in [0.25, 0.3) is 0 Å². The van der Waals surface area contributed by atoms with Crippen molar-refractivity contribution < 1.29 is 0 Å². The molecule has 0 aromatic heterocycles. The molecule has 36 heavy (non-hydrogen) atoms. The lowest BCUT2D eigenvalue weighted by Crippen LogP contribution is -2.26. The van der Waals surface area contributed by atoms with Gasteiger partial charge in [0.15, 0.2) is 0 Å². The van der Waals surface area contributed by atoms with Crippen LogP contribution in [-0.4, -0.2) is 12.3 Å². The van der Waals surface area contributed by atoms with Gasteiger partial charge < -0.3 is 0 Å². The second-order valence-corrected chi connectivity index (χ2v) is 14.3. The molecular formula is C30H32N4P2. The quantitative estimate of drug-likeness (QED) is 0.203. The Balaban J connectivity index is 1.30. The van der Waals surface area contributed by atoms with Crippen molar-refractivity contribution in [3.05, 3.63) is 144 Å². The van der Waals surface area contributed by atoms with Gasteiger partial charge >= 0.3 is 0 Å². The molecule has 2 heterocycles. The van der Waals surface area contributed by atoms with E-state index in [0.717, 1.165) is 0 Å². The van der Waals surface area contributed by atoms with Gasteiger partial charge in [-0.15, -0.1) is 0 Å². The molecule has 182 valence electrons. The van der Waals surface area contributed by atoms with Gasteiger partial charge in [0.25, 0.3) is 0 Å². The van der Waals surface area contributed by atoms with E-state index in [2.05, 4.69) is 143 Å². The van der Waals surface area contributed by atoms with E-state index in [1.54, 1.807) is 0 Å². The Labute approximate surface area is 216 Å². The zero-order valence-electron chi connectivity index (χ0n) is 20.2. The van der Waals surface area contributed by atoms with Crippen LogP contribution in [0, 0.1) is 0 Å². The monoisotopic (exact) mass is 510 g/mol. The molecule has 0 spiro atoms. The van der Waals surface area contributed by atoms with Crippen LogP contribution in [0.1, 0.15) is 45.4 Å². The van der Waals surface area contributed by atoms with Crippen LogP contribution >= 0.6 is 15.8 Å². The van der Waals surface area contributed by atoms with Crippen LogP contribution in [0.3, 0.4) is 0 Å². The second-order valence-electron chi connectivity index (χ2n) is 9.31. The predicted molar refractivity (Wildman–Crippen MR) is 153 cm³/mol. The maximum atomic E-state index is 3.69. The van der Waals surface area contributed by atoms with Gasteiger partial charge in [0.2, 0.25) is 0 Å². The maximum Gasteiger partial charge on any atom is 0.0676 e. The largest absolute Gasteiger partial charge is 0.245 e. The van der Waals surface area contributed by atoms with Gasteiger partial charge in [-0.05, 0) is 34.6 Å². The first kappa shape index (κ1) is 23.9. The Kier molecular flexibility index (Phi) is 7.53. The van der Waals surface area contributed by atoms with Crippen LogP contribution in [0.2, 0.25) is 0 Å². The standard InChI is InChI=1S/C30H32N4P2/c1-5-13-23(14-6-1)27-31-32-28(24-15-7-2-8-16-24)35(27)21-22-36-29(25-17-9-3-10-18-25)33-34-30(36)26-19-11-4-12-20-26/h1-20,27-34H,21-22H2/t27-,28?,29-,30?,35?,36?/m0/s1. The number of rotatable bonds is 7. The molecule has 0 bridgehead atoms. The van der Waals surface area contributed by atoms with E-state index >= 15 is 0 Å². The lowest BCUT2D eigenvalue weighted by molar-refractivity contribution is 0.555. The molecule has 2 aliphatic rings. The minimum atomic E-state index is -0.378. The van der Waals surface area contributed by atoms with Gasteiger partial charge in [-0.25, -0.2) is 21.7 Å². The Bertz CT molecular complexity index is 1030. The molecule has 4 unspecified atom stereocenters. The van der Waals surface area contributed by atoms with Crippen molar-refractivity contribution in [2.45, 2.75) is 23.1 Å². The average Bonchev–Trinajstić information content (AvgIpc) is 3.58. The minimum Gasteiger partial charge on any atom is -0.245 e. The Morgan fingerprint density at radius 3 is 0.806 bits per heavy atom. The van der Waals surface area contributed by atoms with E-state index in [1.807, 2.05) is 0 Å². The van der Waals surface area contributed by atoms with Gasteiger partial charge in [0.05, 0.1) is 23.1 Å². The minimum absolute atomic E-state index is 0.343. The Hall–Kier alpha value is -2.42. The summed E-state index contributed by atoms with van der Waals surface area (Å²) in [4.78, 5) is 0. The lowest BCUT2D eigenvalue weighted by Gasteiger charge is -2.29. The van der Waals surface area contributed by atoms with E-state index in [1.165, 1.54) is 34.6 Å². The van der Waals surface area contributed by atoms with Crippen LogP contribution in [0.4, 0.5) is 0 Å². The number of nitrogens with one attached hydrogen (secondary N) is 4. The van der Waals surface area contributed by atoms with Crippen molar-refractivity contribution in [2.24, 2.45) is 0 Å². The molecule has 0 radical (unpaired) electrons. The van der Waals surface area contributed by atoms with Crippen LogP contribution < -0.4 is 21.7 Å². The normalized spacial score (nSPS) is 27.8. The summed E-state index contributed by atoms with van der Waals surface area (Å²) in [5.74, 6) is 1.37. The summed E-state index contributed by atoms with van der Waals surface area (Å²) in [5, 5.41) is 0. The molecule has 6 atom stereocenters. The molecule has 6 heteroatoms. The summed E-state index contributed by atoms with van der Waals surface area (Å²) in [6.45, 7) is 0. The fraction of sp³-hybridized carbons (Fsp3) is 0.200. The van der Waals surface area contributed by atoms with Crippen LogP contribution in [0.15, 0.2) is 121 Å². The summed E-state index contributed by atoms with van der Waals surface area (Å²) in [6.07, 6.45) is 2.41. The fourth-order valence-electron chi connectivity index (χ4n) is 5.33.